The van der Waals surface area contributed by atoms with Gasteiger partial charge in [0.15, 0.2) is 5.75 Å². The summed E-state index contributed by atoms with van der Waals surface area (Å²) in [6.07, 6.45) is 6.73. The lowest BCUT2D eigenvalue weighted by Crippen LogP contribution is -2.38. The lowest BCUT2D eigenvalue weighted by molar-refractivity contribution is -0.385. The number of aromatic hydroxyl groups is 2. The van der Waals surface area contributed by atoms with Crippen molar-refractivity contribution >= 4 is 23.7 Å². The van der Waals surface area contributed by atoms with Crippen LogP contribution in [0.4, 0.5) is 5.69 Å². The molecule has 2 N–H and O–H groups in total. The minimum Gasteiger partial charge on any atom is -0.507 e. The number of imide groups is 1. The highest BCUT2D eigenvalue weighted by Gasteiger charge is 2.56. The highest BCUT2D eigenvalue weighted by molar-refractivity contribution is 6.06. The van der Waals surface area contributed by atoms with Crippen LogP contribution in [0.15, 0.2) is 29.4 Å². The molecule has 1 aliphatic heterocycles. The van der Waals surface area contributed by atoms with E-state index in [2.05, 4.69) is 5.10 Å². The number of allylic oxidation sites excluding steroid dienone is 2. The number of phenolic OH excluding ortho intramolecular Hbond substituents is 2. The molecule has 2 amide bonds. The molecule has 3 aliphatic carbocycles. The van der Waals surface area contributed by atoms with Crippen molar-refractivity contribution in [1.29, 1.82) is 0 Å². The van der Waals surface area contributed by atoms with Crippen LogP contribution in [0.25, 0.3) is 0 Å². The maximum atomic E-state index is 12.6. The molecule has 2 bridgehead atoms. The number of amides is 2. The quantitative estimate of drug-likeness (QED) is 0.277. The molecule has 5 rings (SSSR count). The summed E-state index contributed by atoms with van der Waals surface area (Å²) in [6, 6.07) is 1.74. The maximum Gasteiger partial charge on any atom is 0.311 e. The van der Waals surface area contributed by atoms with E-state index in [0.717, 1.165) is 36.2 Å². The Kier molecular flexibility index (Phi) is 3.53. The molecule has 4 atom stereocenters. The summed E-state index contributed by atoms with van der Waals surface area (Å²) < 4.78 is 0. The van der Waals surface area contributed by atoms with E-state index >= 15 is 0 Å². The monoisotopic (exact) mass is 357 g/mol. The zero-order valence-electron chi connectivity index (χ0n) is 13.5. The van der Waals surface area contributed by atoms with Gasteiger partial charge in [-0.15, -0.1) is 0 Å². The third-order valence-corrected chi connectivity index (χ3v) is 5.37. The minimum atomic E-state index is -0.809. The van der Waals surface area contributed by atoms with Crippen LogP contribution in [0.1, 0.15) is 18.4 Å². The van der Waals surface area contributed by atoms with Crippen molar-refractivity contribution in [3.05, 3.63) is 40.0 Å². The van der Waals surface area contributed by atoms with E-state index in [-0.39, 0.29) is 29.2 Å². The molecule has 9 heteroatoms. The number of nitrogens with zero attached hydrogens (tertiary/aromatic N) is 3. The molecule has 4 aliphatic rings. The van der Waals surface area contributed by atoms with Crippen LogP contribution in [0.3, 0.4) is 0 Å². The number of fused-ring (bicyclic) bond motifs is 1. The molecular formula is C17H15N3O6. The molecule has 0 spiro atoms. The van der Waals surface area contributed by atoms with Gasteiger partial charge in [-0.3, -0.25) is 19.7 Å². The van der Waals surface area contributed by atoms with Gasteiger partial charge in [0.05, 0.1) is 23.0 Å². The molecule has 1 aromatic rings. The van der Waals surface area contributed by atoms with E-state index in [1.807, 2.05) is 12.2 Å². The van der Waals surface area contributed by atoms with Gasteiger partial charge in [-0.2, -0.15) is 10.1 Å². The fourth-order valence-electron chi connectivity index (χ4n) is 4.12. The predicted molar refractivity (Wildman–Crippen MR) is 88.2 cm³/mol. The van der Waals surface area contributed by atoms with E-state index in [1.54, 1.807) is 0 Å². The Hall–Kier alpha value is -3.23. The lowest BCUT2D eigenvalue weighted by Gasteiger charge is -2.37. The van der Waals surface area contributed by atoms with Gasteiger partial charge in [-0.25, -0.2) is 0 Å². The third-order valence-electron chi connectivity index (χ3n) is 5.37. The van der Waals surface area contributed by atoms with E-state index in [1.165, 1.54) is 0 Å². The molecule has 134 valence electrons. The first kappa shape index (κ1) is 16.2. The number of benzene rings is 1. The second-order valence-electron chi connectivity index (χ2n) is 6.73. The van der Waals surface area contributed by atoms with Crippen LogP contribution in [0.2, 0.25) is 0 Å². The van der Waals surface area contributed by atoms with Crippen molar-refractivity contribution in [2.45, 2.75) is 12.8 Å². The Morgan fingerprint density at radius 2 is 1.65 bits per heavy atom. The topological polar surface area (TPSA) is 133 Å². The zero-order chi connectivity index (χ0) is 18.6. The number of nitro groups is 1. The Labute approximate surface area is 147 Å². The minimum absolute atomic E-state index is 0.0322. The number of carbonyl (C=O) groups is 2. The molecule has 26 heavy (non-hydrogen) atoms. The number of hydrogen-bond donors (Lipinski definition) is 2. The van der Waals surface area contributed by atoms with Gasteiger partial charge in [-0.1, -0.05) is 12.2 Å². The van der Waals surface area contributed by atoms with Gasteiger partial charge in [0, 0.05) is 17.7 Å². The molecule has 2 fully saturated rings. The van der Waals surface area contributed by atoms with Crippen molar-refractivity contribution in [3.63, 3.8) is 0 Å². The van der Waals surface area contributed by atoms with Crippen LogP contribution in [-0.2, 0) is 9.59 Å². The summed E-state index contributed by atoms with van der Waals surface area (Å²) in [5.74, 6) is -2.67. The van der Waals surface area contributed by atoms with Crippen molar-refractivity contribution in [3.8, 4) is 11.5 Å². The zero-order valence-corrected chi connectivity index (χ0v) is 13.5. The van der Waals surface area contributed by atoms with Gasteiger partial charge >= 0.3 is 5.69 Å². The molecule has 1 aromatic carbocycles. The molecule has 0 aromatic heterocycles. The van der Waals surface area contributed by atoms with Crippen molar-refractivity contribution < 1.29 is 24.7 Å². The molecule has 1 heterocycles. The van der Waals surface area contributed by atoms with E-state index in [0.29, 0.717) is 0 Å². The molecule has 0 unspecified atom stereocenters. The molecular weight excluding hydrogens is 342 g/mol. The second kappa shape index (κ2) is 5.65. The lowest BCUT2D eigenvalue weighted by atomic mass is 9.63. The first-order valence-electron chi connectivity index (χ1n) is 8.19. The van der Waals surface area contributed by atoms with Crippen molar-refractivity contribution in [2.75, 3.05) is 0 Å². The Balaban J connectivity index is 1.64. The van der Waals surface area contributed by atoms with Crippen LogP contribution in [0.5, 0.6) is 11.5 Å². The molecule has 9 nitrogen and oxygen atoms in total. The first-order chi connectivity index (χ1) is 12.4. The van der Waals surface area contributed by atoms with Crippen LogP contribution in [0, 0.1) is 33.8 Å². The van der Waals surface area contributed by atoms with Gasteiger partial charge < -0.3 is 10.2 Å². The van der Waals surface area contributed by atoms with Crippen LogP contribution >= 0.6 is 0 Å². The summed E-state index contributed by atoms with van der Waals surface area (Å²) in [6.45, 7) is 0. The Morgan fingerprint density at radius 3 is 2.15 bits per heavy atom. The standard InChI is InChI=1S/C17H15N3O6/c21-12-6-13(22)11(20(25)26)5-10(12)7-18-19-16(23)14-8-1-2-9(4-3-8)15(14)17(19)24/h1-2,5-9,14-15,21-22H,3-4H2/t8-,9-,14-,15+/m0/s1. The average Bonchev–Trinajstić information content (AvgIpc) is 2.88. The predicted octanol–water partition coefficient (Wildman–Crippen LogP) is 1.54. The van der Waals surface area contributed by atoms with Crippen LogP contribution < -0.4 is 0 Å². The smallest absolute Gasteiger partial charge is 0.311 e. The van der Waals surface area contributed by atoms with Crippen molar-refractivity contribution in [1.82, 2.24) is 5.01 Å². The molecule has 1 saturated heterocycles. The maximum absolute atomic E-state index is 12.6. The number of hydrogen-bond acceptors (Lipinski definition) is 7. The number of rotatable bonds is 3. The van der Waals surface area contributed by atoms with E-state index in [9.17, 15) is 29.9 Å². The van der Waals surface area contributed by atoms with Gasteiger partial charge in [0.1, 0.15) is 5.75 Å². The SMILES string of the molecule is O=C1[C@@H]2[C@H](C(=O)N1N=Cc1cc([N+](=O)[O-])c(O)cc1O)[C@H]1C=C[C@H]2CC1. The highest BCUT2D eigenvalue weighted by atomic mass is 16.6. The largest absolute Gasteiger partial charge is 0.507 e. The molecule has 0 radical (unpaired) electrons. The molecule has 1 saturated carbocycles. The second-order valence-corrected chi connectivity index (χ2v) is 6.73. The van der Waals surface area contributed by atoms with Gasteiger partial charge in [-0.05, 0) is 24.7 Å². The summed E-state index contributed by atoms with van der Waals surface area (Å²) in [7, 11) is 0. The Morgan fingerprint density at radius 1 is 1.08 bits per heavy atom. The van der Waals surface area contributed by atoms with Crippen molar-refractivity contribution in [2.24, 2.45) is 28.8 Å². The fourth-order valence-corrected chi connectivity index (χ4v) is 4.12. The third kappa shape index (κ3) is 2.27. The average molecular weight is 357 g/mol. The summed E-state index contributed by atoms with van der Waals surface area (Å²) in [5, 5.41) is 34.9. The number of phenols is 2. The summed E-state index contributed by atoms with van der Waals surface area (Å²) >= 11 is 0. The first-order valence-corrected chi connectivity index (χ1v) is 8.19. The Bertz CT molecular complexity index is 861. The fraction of sp³-hybridized carbons (Fsp3) is 0.353. The highest BCUT2D eigenvalue weighted by Crippen LogP contribution is 2.49. The number of hydrazone groups is 1. The number of carbonyl (C=O) groups excluding carboxylic acids is 2. The van der Waals surface area contributed by atoms with Crippen LogP contribution in [-0.4, -0.2) is 38.2 Å². The summed E-state index contributed by atoms with van der Waals surface area (Å²) in [5.41, 5.74) is -0.690. The van der Waals surface area contributed by atoms with E-state index in [4.69, 9.17) is 0 Å². The van der Waals surface area contributed by atoms with Gasteiger partial charge in [0.25, 0.3) is 11.8 Å². The number of nitro benzene ring substituents is 1. The summed E-state index contributed by atoms with van der Waals surface area (Å²) in [4.78, 5) is 35.3. The van der Waals surface area contributed by atoms with Gasteiger partial charge in [0.2, 0.25) is 0 Å². The van der Waals surface area contributed by atoms with E-state index < -0.39 is 33.9 Å². The normalized spacial score (nSPS) is 29.6.